The molecule has 1 saturated heterocycles. The summed E-state index contributed by atoms with van der Waals surface area (Å²) < 4.78 is 54.3. The molecular weight excluding hydrogens is 578 g/mol. The summed E-state index contributed by atoms with van der Waals surface area (Å²) in [4.78, 5) is 50.1. The summed E-state index contributed by atoms with van der Waals surface area (Å²) in [5.74, 6) is -5.33. The second-order valence-electron chi connectivity index (χ2n) is 12.8. The van der Waals surface area contributed by atoms with E-state index in [0.717, 1.165) is 0 Å². The van der Waals surface area contributed by atoms with Crippen LogP contribution in [0, 0.1) is 5.41 Å². The van der Waals surface area contributed by atoms with Gasteiger partial charge in [0.05, 0.1) is 37.4 Å². The number of allylic oxidation sites excluding steroid dienone is 1. The molecule has 2 fully saturated rings. The van der Waals surface area contributed by atoms with Gasteiger partial charge in [0.2, 0.25) is 11.8 Å². The third-order valence-corrected chi connectivity index (χ3v) is 8.22. The molecule has 2 aliphatic heterocycles. The molecule has 0 unspecified atom stereocenters. The summed E-state index contributed by atoms with van der Waals surface area (Å²) in [5.41, 5.74) is -2.28. The van der Waals surface area contributed by atoms with Gasteiger partial charge in [-0.1, -0.05) is 39.0 Å². The molecule has 3 heterocycles. The van der Waals surface area contributed by atoms with Crippen LogP contribution in [0.15, 0.2) is 36.4 Å². The highest BCUT2D eigenvalue weighted by atomic mass is 19.3. The maximum absolute atomic E-state index is 15.8. The minimum Gasteiger partial charge on any atom is -0.468 e. The van der Waals surface area contributed by atoms with Crippen LogP contribution in [0.2, 0.25) is 0 Å². The van der Waals surface area contributed by atoms with Crippen molar-refractivity contribution in [1.29, 1.82) is 0 Å². The number of carbonyl (C=O) groups excluding carboxylic acids is 3. The normalized spacial score (nSPS) is 30.2. The molecule has 2 amide bonds. The first-order valence-electron chi connectivity index (χ1n) is 14.7. The molecule has 1 N–H and O–H groups in total. The molecule has 0 spiro atoms. The molecule has 238 valence electrons. The quantitative estimate of drug-likeness (QED) is 0.369. The number of esters is 1. The fraction of sp³-hybridized carbons (Fsp3) is 0.581. The highest BCUT2D eigenvalue weighted by molar-refractivity contribution is 5.91. The number of nitrogens with one attached hydrogen (secondary N) is 1. The van der Waals surface area contributed by atoms with Crippen molar-refractivity contribution in [3.05, 3.63) is 42.1 Å². The lowest BCUT2D eigenvalue weighted by Crippen LogP contribution is -2.57. The summed E-state index contributed by atoms with van der Waals surface area (Å²) in [6, 6.07) is 4.34. The van der Waals surface area contributed by atoms with Crippen LogP contribution < -0.4 is 10.1 Å². The molecule has 2 bridgehead atoms. The minimum atomic E-state index is -3.61. The van der Waals surface area contributed by atoms with Gasteiger partial charge in [-0.05, 0) is 49.8 Å². The lowest BCUT2D eigenvalue weighted by molar-refractivity contribution is -0.152. The van der Waals surface area contributed by atoms with Crippen LogP contribution in [0.25, 0.3) is 11.0 Å². The first-order valence-corrected chi connectivity index (χ1v) is 14.7. The average Bonchev–Trinajstić information content (AvgIpc) is 3.55. The zero-order valence-corrected chi connectivity index (χ0v) is 25.5. The van der Waals surface area contributed by atoms with E-state index in [0.29, 0.717) is 30.9 Å². The number of carbonyl (C=O) groups is 3. The van der Waals surface area contributed by atoms with E-state index in [9.17, 15) is 14.4 Å². The van der Waals surface area contributed by atoms with Crippen molar-refractivity contribution < 1.29 is 42.1 Å². The first kappa shape index (κ1) is 31.6. The van der Waals surface area contributed by atoms with Crippen LogP contribution in [-0.2, 0) is 29.7 Å². The third kappa shape index (κ3) is 6.47. The molecule has 0 radical (unpaired) electrons. The molecule has 5 rings (SSSR count). The van der Waals surface area contributed by atoms with Crippen LogP contribution in [-0.4, -0.2) is 83.0 Å². The molecular formula is C31H38F2N4O7. The summed E-state index contributed by atoms with van der Waals surface area (Å²) in [6.45, 7) is 6.58. The monoisotopic (exact) mass is 616 g/mol. The molecule has 1 saturated carbocycles. The number of alkyl carbamates (subject to hydrolysis) is 1. The lowest BCUT2D eigenvalue weighted by atomic mass is 9.85. The number of fused-ring (bicyclic) bond motifs is 5. The van der Waals surface area contributed by atoms with Gasteiger partial charge in [0.25, 0.3) is 0 Å². The smallest absolute Gasteiger partial charge is 0.408 e. The second-order valence-corrected chi connectivity index (χ2v) is 12.8. The Morgan fingerprint density at radius 1 is 1.11 bits per heavy atom. The Balaban J connectivity index is 1.60. The molecule has 1 aromatic heterocycles. The van der Waals surface area contributed by atoms with Crippen LogP contribution >= 0.6 is 0 Å². The van der Waals surface area contributed by atoms with Crippen LogP contribution in [0.5, 0.6) is 5.88 Å². The third-order valence-electron chi connectivity index (χ3n) is 8.22. The van der Waals surface area contributed by atoms with Crippen LogP contribution in [0.1, 0.15) is 59.1 Å². The molecule has 2 aromatic rings. The van der Waals surface area contributed by atoms with E-state index in [1.807, 2.05) is 0 Å². The molecule has 1 aliphatic carbocycles. The van der Waals surface area contributed by atoms with Gasteiger partial charge in [-0.3, -0.25) is 4.79 Å². The van der Waals surface area contributed by atoms with Crippen molar-refractivity contribution in [3.63, 3.8) is 0 Å². The Labute approximate surface area is 254 Å². The number of amides is 2. The topological polar surface area (TPSA) is 129 Å². The number of hydrogen-bond acceptors (Lipinski definition) is 9. The van der Waals surface area contributed by atoms with Gasteiger partial charge >= 0.3 is 18.0 Å². The summed E-state index contributed by atoms with van der Waals surface area (Å²) >= 11 is 0. The van der Waals surface area contributed by atoms with E-state index in [1.54, 1.807) is 52.0 Å². The van der Waals surface area contributed by atoms with E-state index in [-0.39, 0.29) is 25.1 Å². The highest BCUT2D eigenvalue weighted by Crippen LogP contribution is 2.40. The number of nitrogens with zero attached hydrogens (tertiary/aromatic N) is 3. The number of halogens is 2. The Kier molecular flexibility index (Phi) is 8.54. The van der Waals surface area contributed by atoms with E-state index >= 15 is 8.78 Å². The van der Waals surface area contributed by atoms with Crippen molar-refractivity contribution in [2.75, 3.05) is 20.3 Å². The van der Waals surface area contributed by atoms with Gasteiger partial charge in [-0.2, -0.15) is 8.78 Å². The Bertz CT molecular complexity index is 1460. The van der Waals surface area contributed by atoms with Gasteiger partial charge in [-0.15, -0.1) is 0 Å². The summed E-state index contributed by atoms with van der Waals surface area (Å²) in [5, 5.41) is 2.71. The molecule has 3 aliphatic rings. The standard InChI is InChI=1S/C31H38F2N4O7/c1-29(2,3)24-26(38)37-17-30(4,16-20(37)27(39)41-5)44-25-23(34-18-10-6-7-11-19(18)35-25)31(32,33)14-9-15-42-21-12-8-13-22(21)43-28(40)36-24/h6-7,9-11,14,20-22,24H,8,12-13,15-17H2,1-5H3,(H,36,40)/b14-9+/t20-,21+,22+,24+,30+/m0/s1. The van der Waals surface area contributed by atoms with Crippen molar-refractivity contribution >= 4 is 29.0 Å². The first-order chi connectivity index (χ1) is 20.7. The number of para-hydroxylation sites is 2. The van der Waals surface area contributed by atoms with Gasteiger partial charge in [0.15, 0.2) is 5.69 Å². The number of alkyl halides is 2. The fourth-order valence-corrected chi connectivity index (χ4v) is 5.99. The van der Waals surface area contributed by atoms with E-state index in [4.69, 9.17) is 18.9 Å². The summed E-state index contributed by atoms with van der Waals surface area (Å²) in [7, 11) is 1.19. The number of ether oxygens (including phenoxy) is 4. The van der Waals surface area contributed by atoms with Crippen molar-refractivity contribution in [1.82, 2.24) is 20.2 Å². The Morgan fingerprint density at radius 3 is 2.48 bits per heavy atom. The zero-order chi connectivity index (χ0) is 31.9. The maximum atomic E-state index is 15.8. The average molecular weight is 617 g/mol. The van der Waals surface area contributed by atoms with Crippen molar-refractivity contribution in [3.8, 4) is 5.88 Å². The van der Waals surface area contributed by atoms with Crippen LogP contribution in [0.4, 0.5) is 13.6 Å². The predicted octanol–water partition coefficient (Wildman–Crippen LogP) is 4.28. The number of aromatic nitrogens is 2. The number of benzene rings is 1. The Morgan fingerprint density at radius 2 is 1.80 bits per heavy atom. The lowest BCUT2D eigenvalue weighted by Gasteiger charge is -2.35. The molecule has 44 heavy (non-hydrogen) atoms. The zero-order valence-electron chi connectivity index (χ0n) is 25.5. The molecule has 5 atom stereocenters. The van der Waals surface area contributed by atoms with E-state index in [1.165, 1.54) is 18.1 Å². The number of rotatable bonds is 1. The van der Waals surface area contributed by atoms with Gasteiger partial charge in [0.1, 0.15) is 23.8 Å². The molecule has 1 aromatic carbocycles. The van der Waals surface area contributed by atoms with E-state index < -0.39 is 70.8 Å². The van der Waals surface area contributed by atoms with E-state index in [2.05, 4.69) is 15.3 Å². The number of methoxy groups -OCH3 is 1. The number of hydrogen-bond donors (Lipinski definition) is 1. The largest absolute Gasteiger partial charge is 0.468 e. The Hall–Kier alpha value is -3.87. The van der Waals surface area contributed by atoms with Crippen molar-refractivity contribution in [2.24, 2.45) is 5.41 Å². The SMILES string of the molecule is COC(=O)[C@@H]1C[C@]2(C)CN1C(=O)[C@H](C(C)(C)C)NC(=O)O[C@@H]1CCC[C@H]1OC/C=C/C(F)(F)c1nc3ccccc3nc1O2. The molecule has 11 nitrogen and oxygen atoms in total. The minimum absolute atomic E-state index is 0.0837. The van der Waals surface area contributed by atoms with Crippen molar-refractivity contribution in [2.45, 2.75) is 89.2 Å². The van der Waals surface area contributed by atoms with Crippen LogP contribution in [0.3, 0.4) is 0 Å². The van der Waals surface area contributed by atoms with Gasteiger partial charge in [-0.25, -0.2) is 19.6 Å². The van der Waals surface area contributed by atoms with Gasteiger partial charge < -0.3 is 29.2 Å². The fourth-order valence-electron chi connectivity index (χ4n) is 5.99. The highest BCUT2D eigenvalue weighted by Gasteiger charge is 2.52. The maximum Gasteiger partial charge on any atom is 0.408 e. The second kappa shape index (κ2) is 11.9. The predicted molar refractivity (Wildman–Crippen MR) is 154 cm³/mol. The van der Waals surface area contributed by atoms with Gasteiger partial charge in [0, 0.05) is 6.42 Å². The molecule has 13 heteroatoms. The summed E-state index contributed by atoms with van der Waals surface area (Å²) in [6.07, 6.45) is 1.65.